The molecule has 0 atom stereocenters. The number of nitro groups is 1. The zero-order valence-electron chi connectivity index (χ0n) is 10.3. The van der Waals surface area contributed by atoms with Crippen molar-refractivity contribution >= 4 is 33.2 Å². The lowest BCUT2D eigenvalue weighted by Crippen LogP contribution is -2.14. The molecule has 8 heteroatoms. The second-order valence-electron chi connectivity index (χ2n) is 4.00. The fourth-order valence-electron chi connectivity index (χ4n) is 1.61. The third kappa shape index (κ3) is 3.40. The van der Waals surface area contributed by atoms with Crippen LogP contribution in [0.15, 0.2) is 40.9 Å². The average molecular weight is 357 g/mol. The van der Waals surface area contributed by atoms with Gasteiger partial charge in [-0.15, -0.1) is 0 Å². The molecule has 5 nitrogen and oxygen atoms in total. The lowest BCUT2D eigenvalue weighted by atomic mass is 10.2. The van der Waals surface area contributed by atoms with E-state index in [0.29, 0.717) is 12.1 Å². The summed E-state index contributed by atoms with van der Waals surface area (Å²) in [6, 6.07) is 7.08. The van der Waals surface area contributed by atoms with Crippen LogP contribution < -0.4 is 5.32 Å². The van der Waals surface area contributed by atoms with E-state index in [1.54, 1.807) is 12.1 Å². The van der Waals surface area contributed by atoms with Gasteiger partial charge in [0.15, 0.2) is 11.5 Å². The van der Waals surface area contributed by atoms with E-state index in [-0.39, 0.29) is 5.56 Å². The van der Waals surface area contributed by atoms with Crippen molar-refractivity contribution in [3.05, 3.63) is 68.2 Å². The standard InChI is InChI=1S/C13H7BrF2N2O3/c14-8-3-1-7(2-4-8)13(19)17-12-10(16)5-9(15)6-11(12)18(20)21/h1-6H,(H,17,19). The van der Waals surface area contributed by atoms with E-state index in [2.05, 4.69) is 21.2 Å². The Kier molecular flexibility index (Phi) is 4.27. The molecule has 1 N–H and O–H groups in total. The van der Waals surface area contributed by atoms with Crippen molar-refractivity contribution in [1.82, 2.24) is 0 Å². The summed E-state index contributed by atoms with van der Waals surface area (Å²) >= 11 is 3.19. The number of nitrogens with zero attached hydrogens (tertiary/aromatic N) is 1. The molecule has 2 rings (SSSR count). The fourth-order valence-corrected chi connectivity index (χ4v) is 1.88. The molecule has 0 unspecified atom stereocenters. The largest absolute Gasteiger partial charge is 0.314 e. The second kappa shape index (κ2) is 5.96. The number of carbonyl (C=O) groups is 1. The highest BCUT2D eigenvalue weighted by molar-refractivity contribution is 9.10. The van der Waals surface area contributed by atoms with E-state index in [0.717, 1.165) is 4.47 Å². The van der Waals surface area contributed by atoms with Crippen LogP contribution >= 0.6 is 15.9 Å². The highest BCUT2D eigenvalue weighted by Crippen LogP contribution is 2.29. The maximum atomic E-state index is 13.6. The second-order valence-corrected chi connectivity index (χ2v) is 4.92. The number of anilines is 1. The summed E-state index contributed by atoms with van der Waals surface area (Å²) in [4.78, 5) is 21.8. The first-order valence-corrected chi connectivity index (χ1v) is 6.38. The van der Waals surface area contributed by atoms with Crippen LogP contribution in [0.5, 0.6) is 0 Å². The van der Waals surface area contributed by atoms with Crippen LogP contribution in [0.3, 0.4) is 0 Å². The molecule has 0 bridgehead atoms. The molecular formula is C13H7BrF2N2O3. The minimum absolute atomic E-state index is 0.177. The minimum atomic E-state index is -1.22. The highest BCUT2D eigenvalue weighted by atomic mass is 79.9. The number of nitro benzene ring substituents is 1. The molecule has 0 aliphatic heterocycles. The summed E-state index contributed by atoms with van der Waals surface area (Å²) in [5, 5.41) is 12.9. The minimum Gasteiger partial charge on any atom is -0.314 e. The number of rotatable bonds is 3. The summed E-state index contributed by atoms with van der Waals surface area (Å²) in [7, 11) is 0. The van der Waals surface area contributed by atoms with Gasteiger partial charge in [-0.2, -0.15) is 0 Å². The summed E-state index contributed by atoms with van der Waals surface area (Å²) in [6.45, 7) is 0. The number of hydrogen-bond acceptors (Lipinski definition) is 3. The van der Waals surface area contributed by atoms with Gasteiger partial charge in [0, 0.05) is 16.1 Å². The summed E-state index contributed by atoms with van der Waals surface area (Å²) < 4.78 is 27.4. The molecule has 1 amide bonds. The maximum Gasteiger partial charge on any atom is 0.298 e. The van der Waals surface area contributed by atoms with E-state index in [4.69, 9.17) is 0 Å². The van der Waals surface area contributed by atoms with Crippen LogP contribution in [0.1, 0.15) is 10.4 Å². The van der Waals surface area contributed by atoms with Crippen molar-refractivity contribution in [2.24, 2.45) is 0 Å². The Morgan fingerprint density at radius 3 is 2.38 bits per heavy atom. The first kappa shape index (κ1) is 15.0. The zero-order valence-corrected chi connectivity index (χ0v) is 11.9. The van der Waals surface area contributed by atoms with E-state index in [1.807, 2.05) is 0 Å². The van der Waals surface area contributed by atoms with E-state index in [9.17, 15) is 23.7 Å². The molecular weight excluding hydrogens is 350 g/mol. The molecule has 21 heavy (non-hydrogen) atoms. The van der Waals surface area contributed by atoms with Crippen molar-refractivity contribution < 1.29 is 18.5 Å². The molecule has 0 spiro atoms. The van der Waals surface area contributed by atoms with Gasteiger partial charge in [-0.25, -0.2) is 8.78 Å². The Bertz CT molecular complexity index is 720. The van der Waals surface area contributed by atoms with Gasteiger partial charge in [0.1, 0.15) is 5.82 Å². The number of nitrogens with one attached hydrogen (secondary N) is 1. The van der Waals surface area contributed by atoms with Crippen LogP contribution in [-0.2, 0) is 0 Å². The first-order valence-electron chi connectivity index (χ1n) is 5.59. The molecule has 0 aliphatic carbocycles. The van der Waals surface area contributed by atoms with Crippen LogP contribution in [-0.4, -0.2) is 10.8 Å². The Labute approximate surface area is 125 Å². The molecule has 2 aromatic rings. The third-order valence-electron chi connectivity index (χ3n) is 2.58. The van der Waals surface area contributed by atoms with Crippen molar-refractivity contribution in [3.8, 4) is 0 Å². The van der Waals surface area contributed by atoms with Crippen LogP contribution in [0.4, 0.5) is 20.2 Å². The highest BCUT2D eigenvalue weighted by Gasteiger charge is 2.22. The van der Waals surface area contributed by atoms with E-state index >= 15 is 0 Å². The Balaban J connectivity index is 2.37. The van der Waals surface area contributed by atoms with Crippen molar-refractivity contribution in [2.75, 3.05) is 5.32 Å². The topological polar surface area (TPSA) is 72.2 Å². The lowest BCUT2D eigenvalue weighted by Gasteiger charge is -2.07. The quantitative estimate of drug-likeness (QED) is 0.669. The zero-order chi connectivity index (χ0) is 15.6. The summed E-state index contributed by atoms with van der Waals surface area (Å²) in [5.74, 6) is -3.05. The van der Waals surface area contributed by atoms with Gasteiger partial charge >= 0.3 is 0 Å². The molecule has 0 heterocycles. The Hall–Kier alpha value is -2.35. The summed E-state index contributed by atoms with van der Waals surface area (Å²) in [5.41, 5.74) is -1.34. The number of amides is 1. The molecule has 0 aromatic heterocycles. The summed E-state index contributed by atoms with van der Waals surface area (Å²) in [6.07, 6.45) is 0. The molecule has 108 valence electrons. The first-order chi connectivity index (χ1) is 9.88. The third-order valence-corrected chi connectivity index (χ3v) is 3.10. The molecule has 0 saturated carbocycles. The van der Waals surface area contributed by atoms with E-state index in [1.165, 1.54) is 12.1 Å². The lowest BCUT2D eigenvalue weighted by molar-refractivity contribution is -0.384. The number of benzene rings is 2. The number of carbonyl (C=O) groups excluding carboxylic acids is 1. The van der Waals surface area contributed by atoms with Gasteiger partial charge in [0.25, 0.3) is 11.6 Å². The smallest absolute Gasteiger partial charge is 0.298 e. The molecule has 0 aliphatic rings. The van der Waals surface area contributed by atoms with Crippen molar-refractivity contribution in [3.63, 3.8) is 0 Å². The van der Waals surface area contributed by atoms with Gasteiger partial charge in [-0.3, -0.25) is 14.9 Å². The molecule has 0 fully saturated rings. The maximum absolute atomic E-state index is 13.6. The molecule has 2 aromatic carbocycles. The predicted octanol–water partition coefficient (Wildman–Crippen LogP) is 3.89. The molecule has 0 radical (unpaired) electrons. The van der Waals surface area contributed by atoms with Crippen molar-refractivity contribution in [1.29, 1.82) is 0 Å². The number of hydrogen-bond donors (Lipinski definition) is 1. The Morgan fingerprint density at radius 2 is 1.81 bits per heavy atom. The number of halogens is 3. The fraction of sp³-hybridized carbons (Fsp3) is 0. The van der Waals surface area contributed by atoms with Crippen LogP contribution in [0, 0.1) is 21.7 Å². The Morgan fingerprint density at radius 1 is 1.19 bits per heavy atom. The van der Waals surface area contributed by atoms with Gasteiger partial charge in [-0.05, 0) is 24.3 Å². The van der Waals surface area contributed by atoms with Crippen LogP contribution in [0.2, 0.25) is 0 Å². The van der Waals surface area contributed by atoms with Gasteiger partial charge in [0.05, 0.1) is 11.0 Å². The van der Waals surface area contributed by atoms with Gasteiger partial charge < -0.3 is 5.32 Å². The average Bonchev–Trinajstić information content (AvgIpc) is 2.41. The monoisotopic (exact) mass is 356 g/mol. The predicted molar refractivity (Wildman–Crippen MR) is 75.1 cm³/mol. The normalized spacial score (nSPS) is 10.2. The SMILES string of the molecule is O=C(Nc1c(F)cc(F)cc1[N+](=O)[O-])c1ccc(Br)cc1. The van der Waals surface area contributed by atoms with E-state index < -0.39 is 33.8 Å². The van der Waals surface area contributed by atoms with Crippen molar-refractivity contribution in [2.45, 2.75) is 0 Å². The van der Waals surface area contributed by atoms with Gasteiger partial charge in [-0.1, -0.05) is 15.9 Å². The van der Waals surface area contributed by atoms with Gasteiger partial charge in [0.2, 0.25) is 0 Å². The van der Waals surface area contributed by atoms with Crippen LogP contribution in [0.25, 0.3) is 0 Å². The molecule has 0 saturated heterocycles.